The van der Waals surface area contributed by atoms with Crippen molar-refractivity contribution in [1.82, 2.24) is 10.6 Å². The molecule has 6 heteroatoms. The third kappa shape index (κ3) is 10.6. The highest BCUT2D eigenvalue weighted by Gasteiger charge is 2.14. The van der Waals surface area contributed by atoms with E-state index in [0.29, 0.717) is 6.10 Å². The van der Waals surface area contributed by atoms with E-state index in [9.17, 15) is 0 Å². The zero-order chi connectivity index (χ0) is 16.9. The summed E-state index contributed by atoms with van der Waals surface area (Å²) in [6.45, 7) is 4.44. The first-order chi connectivity index (χ1) is 11.9. The molecule has 0 spiro atoms. The van der Waals surface area contributed by atoms with Crippen molar-refractivity contribution in [3.63, 3.8) is 0 Å². The van der Waals surface area contributed by atoms with Crippen LogP contribution in [0.2, 0.25) is 0 Å². The van der Waals surface area contributed by atoms with Gasteiger partial charge in [-0.1, -0.05) is 38.5 Å². The van der Waals surface area contributed by atoms with Crippen LogP contribution >= 0.6 is 24.0 Å². The lowest BCUT2D eigenvalue weighted by Gasteiger charge is -2.22. The molecular formula is C19H38IN3O2. The van der Waals surface area contributed by atoms with E-state index >= 15 is 0 Å². The maximum atomic E-state index is 5.88. The topological polar surface area (TPSA) is 54.9 Å². The number of unbranched alkanes of at least 4 members (excludes halogenated alkanes) is 1. The molecule has 0 aromatic carbocycles. The number of ether oxygens (including phenoxy) is 2. The molecule has 2 fully saturated rings. The number of rotatable bonds is 10. The van der Waals surface area contributed by atoms with E-state index in [4.69, 9.17) is 9.47 Å². The molecule has 1 saturated carbocycles. The SMILES string of the molecule is CN=C(NCCCCC1CCCC1)NCCCOC1CCOCC1.I. The predicted octanol–water partition coefficient (Wildman–Crippen LogP) is 3.72. The van der Waals surface area contributed by atoms with E-state index < -0.39 is 0 Å². The summed E-state index contributed by atoms with van der Waals surface area (Å²) >= 11 is 0. The maximum absolute atomic E-state index is 5.88. The van der Waals surface area contributed by atoms with Crippen LogP contribution in [0.15, 0.2) is 4.99 Å². The number of nitrogens with zero attached hydrogens (tertiary/aromatic N) is 1. The van der Waals surface area contributed by atoms with Gasteiger partial charge < -0.3 is 20.1 Å². The van der Waals surface area contributed by atoms with Crippen LogP contribution in [0.4, 0.5) is 0 Å². The third-order valence-corrected chi connectivity index (χ3v) is 5.17. The van der Waals surface area contributed by atoms with Gasteiger partial charge in [-0.05, 0) is 31.6 Å². The molecule has 2 N–H and O–H groups in total. The number of aliphatic imine (C=N–C) groups is 1. The Balaban J connectivity index is 0.00000312. The first-order valence-corrected chi connectivity index (χ1v) is 10.0. The highest BCUT2D eigenvalue weighted by Crippen LogP contribution is 2.28. The Labute approximate surface area is 171 Å². The van der Waals surface area contributed by atoms with Crippen molar-refractivity contribution < 1.29 is 9.47 Å². The quantitative estimate of drug-likeness (QED) is 0.223. The van der Waals surface area contributed by atoms with E-state index in [2.05, 4.69) is 15.6 Å². The number of hydrogen-bond acceptors (Lipinski definition) is 3. The zero-order valence-corrected chi connectivity index (χ0v) is 18.3. The fourth-order valence-electron chi connectivity index (χ4n) is 3.66. The molecule has 0 aromatic rings. The van der Waals surface area contributed by atoms with Gasteiger partial charge in [0.15, 0.2) is 5.96 Å². The van der Waals surface area contributed by atoms with E-state index in [1.165, 1.54) is 44.9 Å². The number of halogens is 1. The van der Waals surface area contributed by atoms with Gasteiger partial charge in [0.2, 0.25) is 0 Å². The van der Waals surface area contributed by atoms with Gasteiger partial charge in [0.05, 0.1) is 6.10 Å². The van der Waals surface area contributed by atoms with E-state index in [-0.39, 0.29) is 24.0 Å². The summed E-state index contributed by atoms with van der Waals surface area (Å²) < 4.78 is 11.2. The lowest BCUT2D eigenvalue weighted by Crippen LogP contribution is -2.38. The van der Waals surface area contributed by atoms with Gasteiger partial charge in [0.25, 0.3) is 0 Å². The molecule has 25 heavy (non-hydrogen) atoms. The molecule has 0 bridgehead atoms. The summed E-state index contributed by atoms with van der Waals surface area (Å²) in [6, 6.07) is 0. The van der Waals surface area contributed by atoms with Crippen LogP contribution in [0.25, 0.3) is 0 Å². The monoisotopic (exact) mass is 467 g/mol. The second kappa shape index (κ2) is 15.0. The normalized spacial score (nSPS) is 19.6. The molecule has 2 aliphatic rings. The Morgan fingerprint density at radius 1 is 1.00 bits per heavy atom. The second-order valence-electron chi connectivity index (χ2n) is 7.11. The van der Waals surface area contributed by atoms with Gasteiger partial charge in [-0.25, -0.2) is 0 Å². The van der Waals surface area contributed by atoms with Gasteiger partial charge in [-0.15, -0.1) is 24.0 Å². The second-order valence-corrected chi connectivity index (χ2v) is 7.11. The van der Waals surface area contributed by atoms with Crippen LogP contribution in [-0.2, 0) is 9.47 Å². The Kier molecular flexibility index (Phi) is 13.8. The summed E-state index contributed by atoms with van der Waals surface area (Å²) in [4.78, 5) is 4.29. The summed E-state index contributed by atoms with van der Waals surface area (Å²) in [5, 5.41) is 6.79. The van der Waals surface area contributed by atoms with Gasteiger partial charge in [-0.2, -0.15) is 0 Å². The largest absolute Gasteiger partial charge is 0.381 e. The molecule has 148 valence electrons. The molecule has 1 saturated heterocycles. The highest BCUT2D eigenvalue weighted by atomic mass is 127. The molecule has 1 aliphatic carbocycles. The molecule has 2 rings (SSSR count). The summed E-state index contributed by atoms with van der Waals surface area (Å²) in [5.41, 5.74) is 0. The van der Waals surface area contributed by atoms with E-state index in [0.717, 1.165) is 64.1 Å². The van der Waals surface area contributed by atoms with Crippen molar-refractivity contribution >= 4 is 29.9 Å². The molecule has 1 heterocycles. The van der Waals surface area contributed by atoms with Crippen molar-refractivity contribution in [3.8, 4) is 0 Å². The standard InChI is InChI=1S/C19H37N3O2.HI/c1-20-19(21-12-5-4-9-17-7-2-3-8-17)22-13-6-14-24-18-10-15-23-16-11-18;/h17-18H,2-16H2,1H3,(H2,20,21,22);1H. The molecular weight excluding hydrogens is 429 g/mol. The lowest BCUT2D eigenvalue weighted by molar-refractivity contribution is -0.0320. The zero-order valence-electron chi connectivity index (χ0n) is 15.9. The number of hydrogen-bond donors (Lipinski definition) is 2. The number of nitrogens with one attached hydrogen (secondary N) is 2. The highest BCUT2D eigenvalue weighted by molar-refractivity contribution is 14.0. The minimum atomic E-state index is 0. The van der Waals surface area contributed by atoms with Crippen LogP contribution in [0.1, 0.15) is 64.2 Å². The first-order valence-electron chi connectivity index (χ1n) is 10.0. The van der Waals surface area contributed by atoms with Crippen LogP contribution in [-0.4, -0.2) is 52.0 Å². The van der Waals surface area contributed by atoms with Crippen LogP contribution in [0, 0.1) is 5.92 Å². The van der Waals surface area contributed by atoms with Crippen molar-refractivity contribution in [2.24, 2.45) is 10.9 Å². The minimum Gasteiger partial charge on any atom is -0.381 e. The Hall–Kier alpha value is -0.0800. The summed E-state index contributed by atoms with van der Waals surface area (Å²) in [6.07, 6.45) is 13.3. The van der Waals surface area contributed by atoms with E-state index in [1.807, 2.05) is 7.05 Å². The van der Waals surface area contributed by atoms with Crippen LogP contribution in [0.3, 0.4) is 0 Å². The van der Waals surface area contributed by atoms with Crippen LogP contribution < -0.4 is 10.6 Å². The fraction of sp³-hybridized carbons (Fsp3) is 0.947. The smallest absolute Gasteiger partial charge is 0.190 e. The van der Waals surface area contributed by atoms with Gasteiger partial charge in [0.1, 0.15) is 0 Å². The van der Waals surface area contributed by atoms with Crippen molar-refractivity contribution in [2.75, 3.05) is 40.0 Å². The Morgan fingerprint density at radius 2 is 1.68 bits per heavy atom. The molecule has 0 radical (unpaired) electrons. The van der Waals surface area contributed by atoms with Gasteiger partial charge in [-0.3, -0.25) is 4.99 Å². The molecule has 0 amide bonds. The molecule has 0 aromatic heterocycles. The van der Waals surface area contributed by atoms with Crippen molar-refractivity contribution in [3.05, 3.63) is 0 Å². The minimum absolute atomic E-state index is 0. The average Bonchev–Trinajstić information content (AvgIpc) is 3.14. The molecule has 1 aliphatic heterocycles. The lowest BCUT2D eigenvalue weighted by atomic mass is 10.0. The Morgan fingerprint density at radius 3 is 2.36 bits per heavy atom. The first kappa shape index (κ1) is 23.0. The molecule has 5 nitrogen and oxygen atoms in total. The summed E-state index contributed by atoms with van der Waals surface area (Å²) in [7, 11) is 1.84. The van der Waals surface area contributed by atoms with Gasteiger partial charge in [0, 0.05) is 40.0 Å². The van der Waals surface area contributed by atoms with Gasteiger partial charge >= 0.3 is 0 Å². The third-order valence-electron chi connectivity index (χ3n) is 5.17. The number of guanidine groups is 1. The molecule has 0 atom stereocenters. The van der Waals surface area contributed by atoms with Crippen molar-refractivity contribution in [2.45, 2.75) is 70.3 Å². The summed E-state index contributed by atoms with van der Waals surface area (Å²) in [5.74, 6) is 1.93. The van der Waals surface area contributed by atoms with E-state index in [1.54, 1.807) is 0 Å². The fourth-order valence-corrected chi connectivity index (χ4v) is 3.66. The molecule has 0 unspecified atom stereocenters. The maximum Gasteiger partial charge on any atom is 0.190 e. The Bertz CT molecular complexity index is 344. The predicted molar refractivity (Wildman–Crippen MR) is 115 cm³/mol. The van der Waals surface area contributed by atoms with Crippen LogP contribution in [0.5, 0.6) is 0 Å². The average molecular weight is 467 g/mol. The van der Waals surface area contributed by atoms with Crippen molar-refractivity contribution in [1.29, 1.82) is 0 Å².